The standard InChI is InChI=1S/C33H43Cl2N7O8S/c1-32(2,48)26-17-37-40-42(26)21-16-25(30(46)39-33(27(43)28(36)44)10-12-51(49,50)13-11-33)41(18-21)31(47)24(14-19-6-4-3-5-7-19)38-29(45)20-8-9-22(34)23(35)15-20/h8-9,15,17,19,21,24-25,48H,3-7,10-14,16,18H2,1-2H3,(H2,36,44)(H,38,45)(H,39,46)/t21?,24-,25?/m1/s1. The molecule has 1 aliphatic carbocycles. The van der Waals surface area contributed by atoms with Crippen LogP contribution < -0.4 is 16.4 Å². The number of sulfone groups is 1. The van der Waals surface area contributed by atoms with E-state index in [0.29, 0.717) is 12.1 Å². The summed E-state index contributed by atoms with van der Waals surface area (Å²) >= 11 is 12.2. The second-order valence-corrected chi connectivity index (χ2v) is 17.4. The number of carbonyl (C=O) groups excluding carboxylic acids is 5. The molecule has 5 rings (SSSR count). The second kappa shape index (κ2) is 15.2. The maximum atomic E-state index is 14.7. The Morgan fingerprint density at radius 3 is 2.35 bits per heavy atom. The van der Waals surface area contributed by atoms with E-state index in [1.807, 2.05) is 0 Å². The number of nitrogens with one attached hydrogen (secondary N) is 2. The number of Topliss-reactive ketones (excluding diaryl/α,β-unsaturated/α-hetero) is 1. The fourth-order valence-corrected chi connectivity index (χ4v) is 9.16. The van der Waals surface area contributed by atoms with E-state index in [2.05, 4.69) is 20.9 Å². The molecule has 18 heteroatoms. The van der Waals surface area contributed by atoms with Gasteiger partial charge >= 0.3 is 0 Å². The zero-order chi connectivity index (χ0) is 37.3. The van der Waals surface area contributed by atoms with Crippen molar-refractivity contribution in [3.63, 3.8) is 0 Å². The van der Waals surface area contributed by atoms with Gasteiger partial charge in [0.25, 0.3) is 11.8 Å². The monoisotopic (exact) mass is 767 g/mol. The molecule has 2 aliphatic heterocycles. The lowest BCUT2D eigenvalue weighted by Crippen LogP contribution is -2.64. The molecule has 3 fully saturated rings. The van der Waals surface area contributed by atoms with E-state index in [1.54, 1.807) is 13.8 Å². The second-order valence-electron chi connectivity index (χ2n) is 14.3. The van der Waals surface area contributed by atoms with Gasteiger partial charge in [-0.25, -0.2) is 13.1 Å². The SMILES string of the molecule is CC(C)(O)c1cnnn1C1CC(C(=O)NC2(C(=O)C(N)=O)CCS(=O)(=O)CC2)N(C(=O)[C@@H](CC2CCCCC2)NC(=O)c2ccc(Cl)c(Cl)c2)C1. The average Bonchev–Trinajstić information content (AvgIpc) is 3.75. The highest BCUT2D eigenvalue weighted by Gasteiger charge is 2.50. The van der Waals surface area contributed by atoms with Crippen LogP contribution in [0.25, 0.3) is 0 Å². The van der Waals surface area contributed by atoms with Crippen LogP contribution in [0, 0.1) is 5.92 Å². The van der Waals surface area contributed by atoms with Gasteiger partial charge in [-0.2, -0.15) is 0 Å². The Labute approximate surface area is 305 Å². The molecule has 4 amide bonds. The minimum atomic E-state index is -3.53. The molecule has 0 radical (unpaired) electrons. The lowest BCUT2D eigenvalue weighted by atomic mass is 9.84. The summed E-state index contributed by atoms with van der Waals surface area (Å²) in [5.41, 5.74) is 2.58. The molecular weight excluding hydrogens is 725 g/mol. The van der Waals surface area contributed by atoms with E-state index in [1.165, 1.54) is 34.0 Å². The smallest absolute Gasteiger partial charge is 0.287 e. The Balaban J connectivity index is 1.50. The van der Waals surface area contributed by atoms with Gasteiger partial charge in [0.2, 0.25) is 17.6 Å². The number of nitrogens with zero attached hydrogens (tertiary/aromatic N) is 4. The minimum absolute atomic E-state index is 0.0416. The Kier molecular flexibility index (Phi) is 11.5. The van der Waals surface area contributed by atoms with Gasteiger partial charge in [-0.15, -0.1) is 5.10 Å². The topological polar surface area (TPSA) is 224 Å². The number of halogens is 2. The van der Waals surface area contributed by atoms with Crippen LogP contribution in [0.3, 0.4) is 0 Å². The molecule has 51 heavy (non-hydrogen) atoms. The first-order valence-corrected chi connectivity index (χ1v) is 19.5. The molecule has 1 aromatic carbocycles. The van der Waals surface area contributed by atoms with Crippen molar-refractivity contribution in [2.75, 3.05) is 18.1 Å². The first-order valence-electron chi connectivity index (χ1n) is 17.0. The largest absolute Gasteiger partial charge is 0.384 e. The number of aromatic nitrogens is 3. The van der Waals surface area contributed by atoms with Gasteiger partial charge in [-0.1, -0.05) is 60.5 Å². The third-order valence-electron chi connectivity index (χ3n) is 10.2. The van der Waals surface area contributed by atoms with Crippen LogP contribution in [-0.4, -0.2) is 98.5 Å². The Bertz CT molecular complexity index is 1790. The predicted octanol–water partition coefficient (Wildman–Crippen LogP) is 1.84. The van der Waals surface area contributed by atoms with Crippen molar-refractivity contribution >= 4 is 62.5 Å². The lowest BCUT2D eigenvalue weighted by molar-refractivity contribution is -0.145. The fraction of sp³-hybridized carbons (Fsp3) is 0.606. The van der Waals surface area contributed by atoms with E-state index in [0.717, 1.165) is 32.1 Å². The fourth-order valence-electron chi connectivity index (χ4n) is 7.34. The van der Waals surface area contributed by atoms with Crippen molar-refractivity contribution in [2.24, 2.45) is 11.7 Å². The summed E-state index contributed by atoms with van der Waals surface area (Å²) in [6, 6.07) is 1.34. The van der Waals surface area contributed by atoms with Gasteiger partial charge in [-0.3, -0.25) is 24.0 Å². The molecule has 3 heterocycles. The zero-order valence-electron chi connectivity index (χ0n) is 28.4. The van der Waals surface area contributed by atoms with E-state index in [-0.39, 0.29) is 47.3 Å². The highest BCUT2D eigenvalue weighted by molar-refractivity contribution is 7.91. The molecule has 2 unspecified atom stereocenters. The third-order valence-corrected chi connectivity index (χ3v) is 12.6. The van der Waals surface area contributed by atoms with Gasteiger partial charge in [0, 0.05) is 18.5 Å². The van der Waals surface area contributed by atoms with Crippen molar-refractivity contribution in [3.8, 4) is 0 Å². The van der Waals surface area contributed by atoms with Crippen molar-refractivity contribution < 1.29 is 37.5 Å². The Morgan fingerprint density at radius 2 is 1.75 bits per heavy atom. The minimum Gasteiger partial charge on any atom is -0.384 e. The third kappa shape index (κ3) is 8.72. The molecule has 5 N–H and O–H groups in total. The van der Waals surface area contributed by atoms with Crippen molar-refractivity contribution in [1.82, 2.24) is 30.5 Å². The lowest BCUT2D eigenvalue weighted by Gasteiger charge is -2.37. The number of rotatable bonds is 11. The molecule has 2 saturated heterocycles. The molecule has 3 atom stereocenters. The van der Waals surface area contributed by atoms with Gasteiger partial charge in [0.05, 0.1) is 39.5 Å². The number of nitrogens with two attached hydrogens (primary N) is 1. The van der Waals surface area contributed by atoms with Crippen LogP contribution in [0.15, 0.2) is 24.4 Å². The van der Waals surface area contributed by atoms with Gasteiger partial charge in [-0.05, 0) is 57.2 Å². The molecule has 278 valence electrons. The number of primary amides is 1. The normalized spacial score (nSPS) is 22.6. The molecule has 3 aliphatic rings. The molecular formula is C33H43Cl2N7O8S. The molecule has 1 saturated carbocycles. The number of carbonyl (C=O) groups is 5. The summed E-state index contributed by atoms with van der Waals surface area (Å²) in [6.45, 7) is 3.00. The number of aliphatic hydroxyl groups is 1. The summed E-state index contributed by atoms with van der Waals surface area (Å²) in [6.07, 6.45) is 5.61. The van der Waals surface area contributed by atoms with Crippen LogP contribution in [0.1, 0.15) is 93.7 Å². The first-order chi connectivity index (χ1) is 23.9. The van der Waals surface area contributed by atoms with Gasteiger partial charge in [0.15, 0.2) is 9.84 Å². The van der Waals surface area contributed by atoms with E-state index in [4.69, 9.17) is 28.9 Å². The van der Waals surface area contributed by atoms with E-state index < -0.39 is 80.0 Å². The number of hydrogen-bond donors (Lipinski definition) is 4. The maximum absolute atomic E-state index is 14.7. The highest BCUT2D eigenvalue weighted by atomic mass is 35.5. The molecule has 15 nitrogen and oxygen atoms in total. The first kappa shape index (κ1) is 38.6. The number of amides is 4. The number of ketones is 1. The number of hydrogen-bond acceptors (Lipinski definition) is 10. The average molecular weight is 769 g/mol. The van der Waals surface area contributed by atoms with Crippen LogP contribution in [0.2, 0.25) is 10.0 Å². The van der Waals surface area contributed by atoms with E-state index in [9.17, 15) is 37.5 Å². The van der Waals surface area contributed by atoms with Crippen LogP contribution in [0.4, 0.5) is 0 Å². The zero-order valence-corrected chi connectivity index (χ0v) is 30.8. The van der Waals surface area contributed by atoms with Crippen molar-refractivity contribution in [3.05, 3.63) is 45.7 Å². The Morgan fingerprint density at radius 1 is 1.08 bits per heavy atom. The summed E-state index contributed by atoms with van der Waals surface area (Å²) < 4.78 is 26.0. The van der Waals surface area contributed by atoms with Crippen LogP contribution in [-0.2, 0) is 34.6 Å². The quantitative estimate of drug-likeness (QED) is 0.243. The number of benzene rings is 1. The van der Waals surface area contributed by atoms with Crippen molar-refractivity contribution in [1.29, 1.82) is 0 Å². The van der Waals surface area contributed by atoms with Gasteiger partial charge in [0.1, 0.15) is 23.2 Å². The van der Waals surface area contributed by atoms with Gasteiger partial charge < -0.3 is 26.4 Å². The molecule has 0 spiro atoms. The summed E-state index contributed by atoms with van der Waals surface area (Å²) in [4.78, 5) is 69.1. The van der Waals surface area contributed by atoms with E-state index >= 15 is 0 Å². The molecule has 1 aromatic heterocycles. The highest BCUT2D eigenvalue weighted by Crippen LogP contribution is 2.35. The number of likely N-dealkylation sites (tertiary alicyclic amines) is 1. The predicted molar refractivity (Wildman–Crippen MR) is 186 cm³/mol. The molecule has 2 aromatic rings. The van der Waals surface area contributed by atoms with Crippen LogP contribution >= 0.6 is 23.2 Å². The summed E-state index contributed by atoms with van der Waals surface area (Å²) in [7, 11) is -3.53. The van der Waals surface area contributed by atoms with Crippen molar-refractivity contribution in [2.45, 2.75) is 101 Å². The maximum Gasteiger partial charge on any atom is 0.287 e. The Hall–Kier alpha value is -3.60. The molecule has 0 bridgehead atoms. The summed E-state index contributed by atoms with van der Waals surface area (Å²) in [5, 5.41) is 24.8. The van der Waals surface area contributed by atoms with Crippen LogP contribution in [0.5, 0.6) is 0 Å². The summed E-state index contributed by atoms with van der Waals surface area (Å²) in [5.74, 6) is -5.22.